The van der Waals surface area contributed by atoms with Gasteiger partial charge in [0.25, 0.3) is 5.69 Å². The molecule has 252 valence electrons. The van der Waals surface area contributed by atoms with Crippen molar-refractivity contribution in [2.75, 3.05) is 11.4 Å². The Bertz CT molecular complexity index is 2110. The first-order valence-electron chi connectivity index (χ1n) is 15.4. The minimum atomic E-state index is -0.411. The smallest absolute Gasteiger partial charge is 0.273 e. The normalized spacial score (nSPS) is 10.7. The third-order valence-electron chi connectivity index (χ3n) is 8.46. The number of nitro groups is 1. The highest BCUT2D eigenvalue weighted by Gasteiger charge is 2.20. The molecule has 1 aromatic heterocycles. The highest BCUT2D eigenvalue weighted by Crippen LogP contribution is 2.27. The summed E-state index contributed by atoms with van der Waals surface area (Å²) >= 11 is 0. The maximum Gasteiger partial charge on any atom is 0.273 e. The lowest BCUT2D eigenvalue weighted by atomic mass is 10.0. The van der Waals surface area contributed by atoms with E-state index in [9.17, 15) is 14.9 Å². The van der Waals surface area contributed by atoms with Crippen LogP contribution in [0, 0.1) is 15.5 Å². The van der Waals surface area contributed by atoms with Crippen LogP contribution < -0.4 is 16.0 Å². The molecule has 0 fully saturated rings. The number of nitrogens with zero attached hydrogens (tertiary/aromatic N) is 4. The van der Waals surface area contributed by atoms with E-state index < -0.39 is 4.92 Å². The average Bonchev–Trinajstić information content (AvgIpc) is 3.40. The second-order valence-corrected chi connectivity index (χ2v) is 11.5. The van der Waals surface area contributed by atoms with E-state index in [1.807, 2.05) is 73.8 Å². The quantitative estimate of drug-likeness (QED) is 0.0551. The van der Waals surface area contributed by atoms with E-state index in [0.717, 1.165) is 45.2 Å². The second kappa shape index (κ2) is 16.2. The number of benzene rings is 5. The minimum Gasteiger partial charge on any atom is -0.384 e. The van der Waals surface area contributed by atoms with Crippen LogP contribution in [0.2, 0.25) is 0 Å². The van der Waals surface area contributed by atoms with Crippen molar-refractivity contribution in [1.82, 2.24) is 14.9 Å². The molecule has 12 heteroatoms. The first-order valence-corrected chi connectivity index (χ1v) is 15.4. The molecule has 0 radical (unpaired) electrons. The van der Waals surface area contributed by atoms with E-state index in [2.05, 4.69) is 28.1 Å². The molecular formula is C37H37Cl2N7O3. The summed E-state index contributed by atoms with van der Waals surface area (Å²) in [5.74, 6) is 0.804. The second-order valence-electron chi connectivity index (χ2n) is 11.5. The SMILES string of the molecule is Cl.Cl.Cn1c(CCc2ccc(C(=N)N)cc2)nc2cc(N(Cc3cccc4ccccc34)C(=O)CNCc3ccccc3[N+](=O)[O-])ccc21. The Balaban J connectivity index is 0.00000270. The highest BCUT2D eigenvalue weighted by molar-refractivity contribution is 5.98. The van der Waals surface area contributed by atoms with Crippen molar-refractivity contribution in [3.8, 4) is 0 Å². The zero-order valence-corrected chi connectivity index (χ0v) is 28.5. The van der Waals surface area contributed by atoms with Crippen LogP contribution in [-0.2, 0) is 37.8 Å². The number of nitrogen functional groups attached to an aromatic ring is 1. The molecule has 10 nitrogen and oxygen atoms in total. The van der Waals surface area contributed by atoms with Crippen molar-refractivity contribution in [2.45, 2.75) is 25.9 Å². The minimum absolute atomic E-state index is 0. The molecule has 0 saturated heterocycles. The van der Waals surface area contributed by atoms with Crippen LogP contribution in [0.4, 0.5) is 11.4 Å². The van der Waals surface area contributed by atoms with Crippen LogP contribution in [0.1, 0.15) is 28.1 Å². The molecule has 0 spiro atoms. The lowest BCUT2D eigenvalue weighted by Crippen LogP contribution is -2.37. The number of nitrogens with two attached hydrogens (primary N) is 1. The Labute approximate surface area is 296 Å². The zero-order chi connectivity index (χ0) is 32.9. The molecule has 6 aromatic rings. The number of aryl methyl sites for hydroxylation is 3. The van der Waals surface area contributed by atoms with Crippen LogP contribution in [0.15, 0.2) is 109 Å². The van der Waals surface area contributed by atoms with Gasteiger partial charge in [0.2, 0.25) is 5.91 Å². The van der Waals surface area contributed by atoms with E-state index in [1.165, 1.54) is 6.07 Å². The number of hydrogen-bond acceptors (Lipinski definition) is 6. The predicted octanol–water partition coefficient (Wildman–Crippen LogP) is 6.87. The number of hydrogen-bond donors (Lipinski definition) is 3. The van der Waals surface area contributed by atoms with Crippen molar-refractivity contribution in [2.24, 2.45) is 12.8 Å². The number of imidazole rings is 1. The summed E-state index contributed by atoms with van der Waals surface area (Å²) < 4.78 is 2.08. The molecule has 0 aliphatic carbocycles. The lowest BCUT2D eigenvalue weighted by Gasteiger charge is -2.24. The van der Waals surface area contributed by atoms with Gasteiger partial charge in [-0.3, -0.25) is 20.3 Å². The zero-order valence-electron chi connectivity index (χ0n) is 26.8. The lowest BCUT2D eigenvalue weighted by molar-refractivity contribution is -0.385. The number of fused-ring (bicyclic) bond motifs is 2. The standard InChI is InChI=1S/C37H35N7O3.2ClH/c1-42-34-19-18-30(21-32(34)41-35(42)20-15-25-13-16-27(17-14-25)37(38)39)43(24-29-10-6-9-26-7-2-4-11-31(26)29)36(45)23-40-22-28-8-3-5-12-33(28)44(46)47;;/h2-14,16-19,21,40H,15,20,22-24H2,1H3,(H3,38,39);2*1H. The van der Waals surface area contributed by atoms with E-state index in [4.69, 9.17) is 16.1 Å². The van der Waals surface area contributed by atoms with Gasteiger partial charge in [0, 0.05) is 42.9 Å². The van der Waals surface area contributed by atoms with Crippen molar-refractivity contribution in [1.29, 1.82) is 5.41 Å². The molecule has 49 heavy (non-hydrogen) atoms. The number of rotatable bonds is 12. The molecule has 1 amide bonds. The first-order chi connectivity index (χ1) is 22.8. The Hall–Kier alpha value is -5.29. The molecule has 0 unspecified atom stereocenters. The summed E-state index contributed by atoms with van der Waals surface area (Å²) in [4.78, 5) is 31.7. The highest BCUT2D eigenvalue weighted by atomic mass is 35.5. The fourth-order valence-electron chi connectivity index (χ4n) is 5.90. The maximum atomic E-state index is 13.9. The Kier molecular flexibility index (Phi) is 12.1. The number of para-hydroxylation sites is 1. The van der Waals surface area contributed by atoms with Gasteiger partial charge in [-0.1, -0.05) is 84.9 Å². The van der Waals surface area contributed by atoms with Gasteiger partial charge in [0.05, 0.1) is 29.0 Å². The summed E-state index contributed by atoms with van der Waals surface area (Å²) in [6.45, 7) is 0.519. The molecule has 0 atom stereocenters. The van der Waals surface area contributed by atoms with Gasteiger partial charge < -0.3 is 20.5 Å². The van der Waals surface area contributed by atoms with Crippen molar-refractivity contribution in [3.05, 3.63) is 147 Å². The molecule has 6 rings (SSSR count). The van der Waals surface area contributed by atoms with E-state index >= 15 is 0 Å². The summed E-state index contributed by atoms with van der Waals surface area (Å²) in [7, 11) is 1.99. The van der Waals surface area contributed by atoms with E-state index in [-0.39, 0.29) is 55.3 Å². The number of aromatic nitrogens is 2. The summed E-state index contributed by atoms with van der Waals surface area (Å²) in [6.07, 6.45) is 1.49. The number of amidine groups is 1. The molecular weight excluding hydrogens is 661 g/mol. The molecule has 0 aliphatic rings. The third-order valence-corrected chi connectivity index (χ3v) is 8.46. The summed E-state index contributed by atoms with van der Waals surface area (Å²) in [6, 6.07) is 34.3. The Morgan fingerprint density at radius 1 is 0.918 bits per heavy atom. The maximum absolute atomic E-state index is 13.9. The van der Waals surface area contributed by atoms with Crippen LogP contribution >= 0.6 is 24.8 Å². The van der Waals surface area contributed by atoms with E-state index in [0.29, 0.717) is 29.8 Å². The number of halogens is 2. The number of amides is 1. The van der Waals surface area contributed by atoms with Gasteiger partial charge in [-0.25, -0.2) is 4.98 Å². The monoisotopic (exact) mass is 697 g/mol. The van der Waals surface area contributed by atoms with Gasteiger partial charge in [-0.15, -0.1) is 24.8 Å². The van der Waals surface area contributed by atoms with Crippen molar-refractivity contribution in [3.63, 3.8) is 0 Å². The molecule has 5 aromatic carbocycles. The van der Waals surface area contributed by atoms with E-state index in [1.54, 1.807) is 23.1 Å². The Morgan fingerprint density at radius 3 is 2.37 bits per heavy atom. The number of anilines is 1. The van der Waals surface area contributed by atoms with Gasteiger partial charge >= 0.3 is 0 Å². The van der Waals surface area contributed by atoms with Crippen molar-refractivity contribution < 1.29 is 9.72 Å². The number of nitro benzene ring substituents is 1. The van der Waals surface area contributed by atoms with Crippen LogP contribution in [0.25, 0.3) is 21.8 Å². The summed E-state index contributed by atoms with van der Waals surface area (Å²) in [5, 5.41) is 24.4. The third kappa shape index (κ3) is 8.24. The van der Waals surface area contributed by atoms with Crippen LogP contribution in [0.5, 0.6) is 0 Å². The molecule has 0 saturated carbocycles. The number of carbonyl (C=O) groups excluding carboxylic acids is 1. The van der Waals surface area contributed by atoms with Crippen LogP contribution in [-0.4, -0.2) is 32.8 Å². The Morgan fingerprint density at radius 2 is 1.61 bits per heavy atom. The number of carbonyl (C=O) groups is 1. The van der Waals surface area contributed by atoms with Crippen molar-refractivity contribution >= 4 is 69.7 Å². The molecule has 1 heterocycles. The predicted molar refractivity (Wildman–Crippen MR) is 200 cm³/mol. The fourth-order valence-corrected chi connectivity index (χ4v) is 5.90. The topological polar surface area (TPSA) is 143 Å². The number of nitrogens with one attached hydrogen (secondary N) is 2. The first kappa shape index (κ1) is 36.5. The molecule has 0 aliphatic heterocycles. The van der Waals surface area contributed by atoms with Crippen LogP contribution in [0.3, 0.4) is 0 Å². The molecule has 4 N–H and O–H groups in total. The molecule has 0 bridgehead atoms. The average molecular weight is 699 g/mol. The van der Waals surface area contributed by atoms with Gasteiger partial charge in [-0.2, -0.15) is 0 Å². The van der Waals surface area contributed by atoms with Gasteiger partial charge in [-0.05, 0) is 46.5 Å². The largest absolute Gasteiger partial charge is 0.384 e. The fraction of sp³-hybridized carbons (Fsp3) is 0.162. The van der Waals surface area contributed by atoms with Gasteiger partial charge in [0.15, 0.2) is 0 Å². The van der Waals surface area contributed by atoms with Gasteiger partial charge in [0.1, 0.15) is 11.7 Å². The summed E-state index contributed by atoms with van der Waals surface area (Å²) in [5.41, 5.74) is 11.4.